The zero-order valence-electron chi connectivity index (χ0n) is 16.9. The predicted molar refractivity (Wildman–Crippen MR) is 117 cm³/mol. The highest BCUT2D eigenvalue weighted by Crippen LogP contribution is 2.51. The number of fused-ring (bicyclic) bond motifs is 2. The number of halogens is 1. The molecule has 29 heavy (non-hydrogen) atoms. The molecule has 1 aliphatic carbocycles. The van der Waals surface area contributed by atoms with Gasteiger partial charge in [-0.25, -0.2) is 0 Å². The summed E-state index contributed by atoms with van der Waals surface area (Å²) in [5.74, 6) is 0.230. The van der Waals surface area contributed by atoms with E-state index in [1.54, 1.807) is 0 Å². The Bertz CT molecular complexity index is 914. The molecule has 1 spiro atoms. The molecule has 5 heteroatoms. The summed E-state index contributed by atoms with van der Waals surface area (Å²) >= 11 is 6.14. The van der Waals surface area contributed by atoms with Gasteiger partial charge in [-0.3, -0.25) is 4.90 Å². The lowest BCUT2D eigenvalue weighted by Crippen LogP contribution is -2.51. The molecule has 2 aliphatic rings. The molecular formula is C24H28ClN3O. The number of hydrogen-bond acceptors (Lipinski definition) is 4. The molecule has 2 aromatic rings. The van der Waals surface area contributed by atoms with E-state index in [-0.39, 0.29) is 18.1 Å². The summed E-state index contributed by atoms with van der Waals surface area (Å²) in [6.45, 7) is 4.08. The molecule has 0 amide bonds. The van der Waals surface area contributed by atoms with Gasteiger partial charge in [0.05, 0.1) is 6.07 Å². The number of rotatable bonds is 5. The first-order valence-corrected chi connectivity index (χ1v) is 10.8. The first-order valence-electron chi connectivity index (χ1n) is 10.4. The summed E-state index contributed by atoms with van der Waals surface area (Å²) in [5, 5.41) is 23.8. The normalized spacial score (nSPS) is 27.4. The standard InChI is InChI=1S/C24H28ClN3O/c1-18(16-29)14-28-15-19-5-2-3-8-22(19)24(28)11-9-23(17-26,10-12-24)27-21-7-4-6-20(25)13-21/h2-8,13,18,27,29H,9-12,14-16H2,1H3/t18-,23?,24?/m1/s1. The number of hydrogen-bond donors (Lipinski definition) is 2. The van der Waals surface area contributed by atoms with Crippen molar-refractivity contribution >= 4 is 17.3 Å². The van der Waals surface area contributed by atoms with Crippen molar-refractivity contribution in [3.05, 3.63) is 64.7 Å². The van der Waals surface area contributed by atoms with E-state index in [0.717, 1.165) is 44.5 Å². The molecule has 2 aromatic carbocycles. The smallest absolute Gasteiger partial charge is 0.125 e. The van der Waals surface area contributed by atoms with Gasteiger partial charge in [-0.2, -0.15) is 5.26 Å². The van der Waals surface area contributed by atoms with Crippen molar-refractivity contribution in [2.24, 2.45) is 5.92 Å². The summed E-state index contributed by atoms with van der Waals surface area (Å²) in [6, 6.07) is 18.9. The monoisotopic (exact) mass is 409 g/mol. The molecule has 0 unspecified atom stereocenters. The third kappa shape index (κ3) is 3.75. The lowest BCUT2D eigenvalue weighted by molar-refractivity contribution is 0.0303. The zero-order chi connectivity index (χ0) is 20.5. The number of benzene rings is 2. The lowest BCUT2D eigenvalue weighted by Gasteiger charge is -2.48. The van der Waals surface area contributed by atoms with E-state index in [2.05, 4.69) is 47.5 Å². The molecule has 1 atom stereocenters. The maximum Gasteiger partial charge on any atom is 0.125 e. The van der Waals surface area contributed by atoms with Gasteiger partial charge in [-0.05, 0) is 60.9 Å². The molecule has 1 saturated carbocycles. The number of nitriles is 1. The van der Waals surface area contributed by atoms with Crippen molar-refractivity contribution < 1.29 is 5.11 Å². The average molecular weight is 410 g/mol. The first kappa shape index (κ1) is 20.2. The topological polar surface area (TPSA) is 59.3 Å². The summed E-state index contributed by atoms with van der Waals surface area (Å²) in [6.07, 6.45) is 3.38. The molecule has 0 bridgehead atoms. The molecule has 0 aromatic heterocycles. The van der Waals surface area contributed by atoms with Gasteiger partial charge in [0.25, 0.3) is 0 Å². The van der Waals surface area contributed by atoms with Crippen LogP contribution in [-0.2, 0) is 12.1 Å². The molecular weight excluding hydrogens is 382 g/mol. The number of nitrogens with one attached hydrogen (secondary N) is 1. The second-order valence-corrected chi connectivity index (χ2v) is 9.12. The van der Waals surface area contributed by atoms with Crippen LogP contribution in [0.25, 0.3) is 0 Å². The summed E-state index contributed by atoms with van der Waals surface area (Å²) in [4.78, 5) is 2.54. The van der Waals surface area contributed by atoms with Gasteiger partial charge in [-0.15, -0.1) is 0 Å². The van der Waals surface area contributed by atoms with Crippen LogP contribution in [-0.4, -0.2) is 28.7 Å². The average Bonchev–Trinajstić information content (AvgIpc) is 3.03. The van der Waals surface area contributed by atoms with Gasteiger partial charge in [0, 0.05) is 35.9 Å². The van der Waals surface area contributed by atoms with Crippen molar-refractivity contribution in [1.29, 1.82) is 5.26 Å². The Hall–Kier alpha value is -2.06. The van der Waals surface area contributed by atoms with Crippen LogP contribution in [0.5, 0.6) is 0 Å². The molecule has 1 fully saturated rings. The number of anilines is 1. The second kappa shape index (κ2) is 7.99. The Morgan fingerprint density at radius 3 is 2.62 bits per heavy atom. The Balaban J connectivity index is 1.60. The molecule has 4 rings (SSSR count). The third-order valence-corrected chi connectivity index (χ3v) is 6.92. The van der Waals surface area contributed by atoms with Gasteiger partial charge < -0.3 is 10.4 Å². The molecule has 4 nitrogen and oxygen atoms in total. The molecule has 0 radical (unpaired) electrons. The van der Waals surface area contributed by atoms with Crippen LogP contribution >= 0.6 is 11.6 Å². The zero-order valence-corrected chi connectivity index (χ0v) is 17.6. The van der Waals surface area contributed by atoms with Crippen LogP contribution in [0.4, 0.5) is 5.69 Å². The fourth-order valence-electron chi connectivity index (χ4n) is 5.10. The summed E-state index contributed by atoms with van der Waals surface area (Å²) in [7, 11) is 0. The van der Waals surface area contributed by atoms with Crippen molar-refractivity contribution in [3.63, 3.8) is 0 Å². The van der Waals surface area contributed by atoms with Crippen molar-refractivity contribution in [1.82, 2.24) is 4.90 Å². The highest BCUT2D eigenvalue weighted by molar-refractivity contribution is 6.30. The first-order chi connectivity index (χ1) is 14.0. The van der Waals surface area contributed by atoms with E-state index in [9.17, 15) is 10.4 Å². The van der Waals surface area contributed by atoms with Crippen molar-refractivity contribution in [2.75, 3.05) is 18.5 Å². The maximum absolute atomic E-state index is 10.1. The molecule has 1 heterocycles. The van der Waals surface area contributed by atoms with Crippen LogP contribution in [0.3, 0.4) is 0 Å². The fraction of sp³-hybridized carbons (Fsp3) is 0.458. The lowest BCUT2D eigenvalue weighted by atomic mass is 9.69. The van der Waals surface area contributed by atoms with E-state index >= 15 is 0 Å². The Labute approximate surface area is 178 Å². The highest BCUT2D eigenvalue weighted by atomic mass is 35.5. The van der Waals surface area contributed by atoms with E-state index in [4.69, 9.17) is 11.6 Å². The summed E-state index contributed by atoms with van der Waals surface area (Å²) < 4.78 is 0. The van der Waals surface area contributed by atoms with Gasteiger partial charge in [-0.1, -0.05) is 48.9 Å². The fourth-order valence-corrected chi connectivity index (χ4v) is 5.29. The minimum Gasteiger partial charge on any atom is -0.396 e. The van der Waals surface area contributed by atoms with Gasteiger partial charge >= 0.3 is 0 Å². The predicted octanol–water partition coefficient (Wildman–Crippen LogP) is 4.93. The Morgan fingerprint density at radius 1 is 1.17 bits per heavy atom. The van der Waals surface area contributed by atoms with Crippen molar-refractivity contribution in [2.45, 2.75) is 50.2 Å². The SMILES string of the molecule is C[C@@H](CO)CN1Cc2ccccc2C12CCC(C#N)(Nc1cccc(Cl)c1)CC2. The quantitative estimate of drug-likeness (QED) is 0.735. The Kier molecular flexibility index (Phi) is 5.57. The largest absolute Gasteiger partial charge is 0.396 e. The van der Waals surface area contributed by atoms with Crippen LogP contribution < -0.4 is 5.32 Å². The van der Waals surface area contributed by atoms with Gasteiger partial charge in [0.15, 0.2) is 0 Å². The van der Waals surface area contributed by atoms with Gasteiger partial charge in [0.2, 0.25) is 0 Å². The number of nitrogens with zero attached hydrogens (tertiary/aromatic N) is 2. The molecule has 1 aliphatic heterocycles. The van der Waals surface area contributed by atoms with Crippen molar-refractivity contribution in [3.8, 4) is 6.07 Å². The highest BCUT2D eigenvalue weighted by Gasteiger charge is 2.50. The van der Waals surface area contributed by atoms with Crippen LogP contribution in [0.15, 0.2) is 48.5 Å². The second-order valence-electron chi connectivity index (χ2n) is 8.69. The van der Waals surface area contributed by atoms with E-state index in [1.165, 1.54) is 11.1 Å². The van der Waals surface area contributed by atoms with Crippen LogP contribution in [0.1, 0.15) is 43.7 Å². The minimum absolute atomic E-state index is 0.0453. The van der Waals surface area contributed by atoms with E-state index in [1.807, 2.05) is 24.3 Å². The minimum atomic E-state index is -0.582. The summed E-state index contributed by atoms with van der Waals surface area (Å²) in [5.41, 5.74) is 3.05. The van der Waals surface area contributed by atoms with E-state index < -0.39 is 5.54 Å². The number of aliphatic hydroxyl groups excluding tert-OH is 1. The third-order valence-electron chi connectivity index (χ3n) is 6.68. The molecule has 2 N–H and O–H groups in total. The maximum atomic E-state index is 10.1. The van der Waals surface area contributed by atoms with Crippen LogP contribution in [0, 0.1) is 17.2 Å². The van der Waals surface area contributed by atoms with Crippen LogP contribution in [0.2, 0.25) is 5.02 Å². The Morgan fingerprint density at radius 2 is 1.93 bits per heavy atom. The number of aliphatic hydroxyl groups is 1. The molecule has 152 valence electrons. The van der Waals surface area contributed by atoms with E-state index in [0.29, 0.717) is 5.02 Å². The molecule has 0 saturated heterocycles. The van der Waals surface area contributed by atoms with Gasteiger partial charge in [0.1, 0.15) is 5.54 Å².